The zero-order valence-corrected chi connectivity index (χ0v) is 12.7. The van der Waals surface area contributed by atoms with Crippen LogP contribution in [0.5, 0.6) is 0 Å². The largest absolute Gasteiger partial charge is 0.302 e. The van der Waals surface area contributed by atoms with Crippen LogP contribution in [-0.4, -0.2) is 40.5 Å². The summed E-state index contributed by atoms with van der Waals surface area (Å²) in [7, 11) is 0. The van der Waals surface area contributed by atoms with Crippen molar-refractivity contribution in [2.75, 3.05) is 25.4 Å². The van der Waals surface area contributed by atoms with E-state index in [1.54, 1.807) is 0 Å². The van der Waals surface area contributed by atoms with Gasteiger partial charge < -0.3 is 4.90 Å². The van der Waals surface area contributed by atoms with Crippen molar-refractivity contribution in [1.82, 2.24) is 15.1 Å². The topological polar surface area (TPSA) is 31.9 Å². The molecular weight excluding hydrogens is 254 g/mol. The van der Waals surface area contributed by atoms with Gasteiger partial charge >= 0.3 is 0 Å². The number of aromatic amines is 1. The van der Waals surface area contributed by atoms with Crippen molar-refractivity contribution in [3.05, 3.63) is 11.9 Å². The van der Waals surface area contributed by atoms with Gasteiger partial charge in [0.05, 0.1) is 5.69 Å². The summed E-state index contributed by atoms with van der Waals surface area (Å²) in [6, 6.07) is 0. The Morgan fingerprint density at radius 3 is 3.21 bits per heavy atom. The molecule has 3 rings (SSSR count). The summed E-state index contributed by atoms with van der Waals surface area (Å²) in [5, 5.41) is 7.69. The third kappa shape index (κ3) is 3.00. The van der Waals surface area contributed by atoms with Crippen LogP contribution in [0.1, 0.15) is 50.6 Å². The van der Waals surface area contributed by atoms with Crippen molar-refractivity contribution in [2.45, 2.75) is 49.8 Å². The lowest BCUT2D eigenvalue weighted by atomic mass is 9.89. The number of unbranched alkanes of at least 4 members (excludes halogenated alkanes) is 2. The van der Waals surface area contributed by atoms with Gasteiger partial charge in [0.15, 0.2) is 0 Å². The zero-order valence-electron chi connectivity index (χ0n) is 11.9. The Hall–Kier alpha value is -0.480. The van der Waals surface area contributed by atoms with Crippen LogP contribution in [-0.2, 0) is 0 Å². The van der Waals surface area contributed by atoms with Crippen LogP contribution in [0.4, 0.5) is 0 Å². The summed E-state index contributed by atoms with van der Waals surface area (Å²) in [4.78, 5) is 4.04. The summed E-state index contributed by atoms with van der Waals surface area (Å²) in [6.07, 6.45) is 8.87. The van der Waals surface area contributed by atoms with Crippen LogP contribution in [0.2, 0.25) is 0 Å². The number of H-pyrrole nitrogens is 1. The molecule has 3 atom stereocenters. The van der Waals surface area contributed by atoms with E-state index in [4.69, 9.17) is 0 Å². The molecule has 0 saturated carbocycles. The Kier molecular flexibility index (Phi) is 4.49. The first-order valence-corrected chi connectivity index (χ1v) is 8.76. The fourth-order valence-electron chi connectivity index (χ4n) is 3.53. The van der Waals surface area contributed by atoms with Crippen molar-refractivity contribution in [1.29, 1.82) is 0 Å². The quantitative estimate of drug-likeness (QED) is 0.639. The number of rotatable bonds is 6. The number of piperidine rings is 1. The molecule has 2 aliphatic heterocycles. The fraction of sp³-hybridized carbons (Fsp3) is 0.800. The van der Waals surface area contributed by atoms with Crippen molar-refractivity contribution < 1.29 is 0 Å². The molecule has 2 aliphatic rings. The lowest BCUT2D eigenvalue weighted by Crippen LogP contribution is -2.25. The summed E-state index contributed by atoms with van der Waals surface area (Å²) in [5.74, 6) is 2.77. The highest BCUT2D eigenvalue weighted by molar-refractivity contribution is 7.99. The molecule has 19 heavy (non-hydrogen) atoms. The second-order valence-corrected chi connectivity index (χ2v) is 7.10. The van der Waals surface area contributed by atoms with Gasteiger partial charge in [-0.15, -0.1) is 11.8 Å². The highest BCUT2D eigenvalue weighted by Crippen LogP contribution is 2.41. The number of nitrogens with zero attached hydrogens (tertiary/aromatic N) is 2. The lowest BCUT2D eigenvalue weighted by Gasteiger charge is -2.21. The molecule has 1 aromatic heterocycles. The maximum absolute atomic E-state index is 4.59. The third-order valence-corrected chi connectivity index (χ3v) is 5.69. The normalized spacial score (nSPS) is 29.8. The Morgan fingerprint density at radius 2 is 2.37 bits per heavy atom. The van der Waals surface area contributed by atoms with Crippen LogP contribution >= 0.6 is 11.8 Å². The SMILES string of the molecule is CCCCCSc1c[nH]nc1[C@@H]1CN2CCC[C@H]1C2. The second kappa shape index (κ2) is 6.31. The van der Waals surface area contributed by atoms with Gasteiger partial charge in [-0.2, -0.15) is 5.10 Å². The van der Waals surface area contributed by atoms with E-state index < -0.39 is 0 Å². The molecule has 106 valence electrons. The minimum atomic E-state index is 0.683. The first-order valence-electron chi connectivity index (χ1n) is 7.77. The van der Waals surface area contributed by atoms with Crippen molar-refractivity contribution in [3.8, 4) is 0 Å². The number of hydrogen-bond donors (Lipinski definition) is 1. The molecule has 2 fully saturated rings. The minimum Gasteiger partial charge on any atom is -0.302 e. The molecule has 1 unspecified atom stereocenters. The first kappa shape index (κ1) is 13.5. The standard InChI is InChI=1S/C15H25N3S/c1-2-3-4-8-19-14-9-16-17-15(14)13-11-18-7-5-6-12(13)10-18/h9,12-13H,2-8,10-11H2,1H3,(H,16,17)/t12-,13+/m0/s1. The van der Waals surface area contributed by atoms with Gasteiger partial charge in [0.1, 0.15) is 0 Å². The predicted molar refractivity (Wildman–Crippen MR) is 80.7 cm³/mol. The van der Waals surface area contributed by atoms with Gasteiger partial charge in [0.25, 0.3) is 0 Å². The van der Waals surface area contributed by atoms with E-state index >= 15 is 0 Å². The van der Waals surface area contributed by atoms with E-state index in [1.807, 2.05) is 11.8 Å². The van der Waals surface area contributed by atoms with Gasteiger partial charge in [-0.3, -0.25) is 5.10 Å². The highest BCUT2D eigenvalue weighted by Gasteiger charge is 2.38. The Morgan fingerprint density at radius 1 is 1.42 bits per heavy atom. The lowest BCUT2D eigenvalue weighted by molar-refractivity contribution is 0.269. The second-order valence-electron chi connectivity index (χ2n) is 5.96. The van der Waals surface area contributed by atoms with Gasteiger partial charge in [-0.1, -0.05) is 19.8 Å². The molecule has 2 saturated heterocycles. The summed E-state index contributed by atoms with van der Waals surface area (Å²) >= 11 is 2.00. The van der Waals surface area contributed by atoms with E-state index in [0.29, 0.717) is 5.92 Å². The molecule has 0 aliphatic carbocycles. The number of aromatic nitrogens is 2. The molecular formula is C15H25N3S. The molecule has 0 spiro atoms. The van der Waals surface area contributed by atoms with Crippen molar-refractivity contribution in [2.24, 2.45) is 5.92 Å². The van der Waals surface area contributed by atoms with Crippen LogP contribution in [0.25, 0.3) is 0 Å². The maximum Gasteiger partial charge on any atom is 0.0804 e. The van der Waals surface area contributed by atoms with Crippen LogP contribution in [0, 0.1) is 5.92 Å². The van der Waals surface area contributed by atoms with Gasteiger partial charge in [0, 0.05) is 30.1 Å². The first-order chi connectivity index (χ1) is 9.38. The molecule has 4 heteroatoms. The van der Waals surface area contributed by atoms with Crippen LogP contribution in [0.15, 0.2) is 11.1 Å². The number of fused-ring (bicyclic) bond motifs is 2. The number of hydrogen-bond acceptors (Lipinski definition) is 3. The third-order valence-electron chi connectivity index (χ3n) is 4.56. The van der Waals surface area contributed by atoms with Crippen molar-refractivity contribution >= 4 is 11.8 Å². The maximum atomic E-state index is 4.59. The van der Waals surface area contributed by atoms with E-state index in [0.717, 1.165) is 5.92 Å². The molecule has 1 aromatic rings. The predicted octanol–water partition coefficient (Wildman–Crippen LogP) is 3.50. The molecule has 1 N–H and O–H groups in total. The van der Waals surface area contributed by atoms with Crippen molar-refractivity contribution in [3.63, 3.8) is 0 Å². The Labute approximate surface area is 120 Å². The molecule has 3 nitrogen and oxygen atoms in total. The molecule has 2 bridgehead atoms. The summed E-state index contributed by atoms with van der Waals surface area (Å²) < 4.78 is 0. The Bertz CT molecular complexity index is 404. The summed E-state index contributed by atoms with van der Waals surface area (Å²) in [5.41, 5.74) is 1.36. The monoisotopic (exact) mass is 279 g/mol. The van der Waals surface area contributed by atoms with E-state index in [9.17, 15) is 0 Å². The molecule has 3 heterocycles. The van der Waals surface area contributed by atoms with Gasteiger partial charge in [-0.05, 0) is 37.5 Å². The molecule has 0 aromatic carbocycles. The van der Waals surface area contributed by atoms with E-state index in [-0.39, 0.29) is 0 Å². The number of thioether (sulfide) groups is 1. The highest BCUT2D eigenvalue weighted by atomic mass is 32.2. The van der Waals surface area contributed by atoms with Crippen LogP contribution in [0.3, 0.4) is 0 Å². The van der Waals surface area contributed by atoms with E-state index in [1.165, 1.54) is 68.1 Å². The van der Waals surface area contributed by atoms with E-state index in [2.05, 4.69) is 28.2 Å². The average Bonchev–Trinajstić information content (AvgIpc) is 2.99. The number of nitrogens with one attached hydrogen (secondary N) is 1. The Balaban J connectivity index is 1.63. The summed E-state index contributed by atoms with van der Waals surface area (Å²) in [6.45, 7) is 6.10. The molecule has 0 amide bonds. The zero-order chi connectivity index (χ0) is 13.1. The van der Waals surface area contributed by atoms with Gasteiger partial charge in [-0.25, -0.2) is 0 Å². The molecule has 0 radical (unpaired) electrons. The van der Waals surface area contributed by atoms with Gasteiger partial charge in [0.2, 0.25) is 0 Å². The average molecular weight is 279 g/mol. The minimum absolute atomic E-state index is 0.683. The smallest absolute Gasteiger partial charge is 0.0804 e. The fourth-order valence-corrected chi connectivity index (χ4v) is 4.58. The van der Waals surface area contributed by atoms with Crippen LogP contribution < -0.4 is 0 Å².